The molecular weight excluding hydrogens is 340 g/mol. The van der Waals surface area contributed by atoms with Gasteiger partial charge in [0.2, 0.25) is 5.91 Å². The summed E-state index contributed by atoms with van der Waals surface area (Å²) in [6, 6.07) is 13.1. The van der Waals surface area contributed by atoms with Crippen molar-refractivity contribution in [2.75, 3.05) is 18.4 Å². The largest absolute Gasteiger partial charge is 0.325 e. The lowest BCUT2D eigenvalue weighted by molar-refractivity contribution is -0.117. The molecule has 0 radical (unpaired) electrons. The van der Waals surface area contributed by atoms with E-state index < -0.39 is 0 Å². The number of carbonyl (C=O) groups excluding carboxylic acids is 1. The van der Waals surface area contributed by atoms with Crippen molar-refractivity contribution < 1.29 is 4.79 Å². The van der Waals surface area contributed by atoms with Crippen LogP contribution in [0.4, 0.5) is 5.69 Å². The van der Waals surface area contributed by atoms with Crippen molar-refractivity contribution >= 4 is 22.5 Å². The second-order valence-electron chi connectivity index (χ2n) is 6.68. The zero-order chi connectivity index (χ0) is 19.4. The standard InChI is InChI=1S/C21H24N4O2/c1-4-25(13-20(26)22-16-10-9-14(2)15(3)11-16)12-19-23-18-8-6-5-7-17(18)21(27)24-19/h5-11H,4,12-13H2,1-3H3,(H,22,26)(H,23,24,27). The van der Waals surface area contributed by atoms with Gasteiger partial charge in [-0.05, 0) is 55.8 Å². The Labute approximate surface area is 158 Å². The van der Waals surface area contributed by atoms with E-state index in [-0.39, 0.29) is 18.0 Å². The van der Waals surface area contributed by atoms with Crippen LogP contribution in [-0.2, 0) is 11.3 Å². The number of benzene rings is 2. The van der Waals surface area contributed by atoms with Crippen molar-refractivity contribution in [2.45, 2.75) is 27.3 Å². The number of nitrogens with zero attached hydrogens (tertiary/aromatic N) is 2. The number of aromatic nitrogens is 2. The van der Waals surface area contributed by atoms with Crippen LogP contribution in [0.1, 0.15) is 23.9 Å². The molecule has 3 aromatic rings. The number of para-hydroxylation sites is 1. The highest BCUT2D eigenvalue weighted by atomic mass is 16.2. The molecule has 6 heteroatoms. The molecule has 0 fully saturated rings. The number of nitrogens with one attached hydrogen (secondary N) is 2. The van der Waals surface area contributed by atoms with Crippen LogP contribution in [0.15, 0.2) is 47.3 Å². The summed E-state index contributed by atoms with van der Waals surface area (Å²) in [6.45, 7) is 7.32. The Morgan fingerprint density at radius 3 is 2.67 bits per heavy atom. The van der Waals surface area contributed by atoms with Crippen molar-refractivity contribution in [1.29, 1.82) is 0 Å². The molecule has 0 saturated heterocycles. The molecule has 0 spiro atoms. The Morgan fingerprint density at radius 2 is 1.93 bits per heavy atom. The predicted molar refractivity (Wildman–Crippen MR) is 108 cm³/mol. The summed E-state index contributed by atoms with van der Waals surface area (Å²) in [7, 11) is 0. The van der Waals surface area contributed by atoms with Crippen LogP contribution in [0, 0.1) is 13.8 Å². The molecule has 6 nitrogen and oxygen atoms in total. The fourth-order valence-corrected chi connectivity index (χ4v) is 2.92. The van der Waals surface area contributed by atoms with E-state index in [1.807, 2.05) is 62.1 Å². The van der Waals surface area contributed by atoms with Gasteiger partial charge in [0, 0.05) is 5.69 Å². The van der Waals surface area contributed by atoms with E-state index in [2.05, 4.69) is 15.3 Å². The highest BCUT2D eigenvalue weighted by molar-refractivity contribution is 5.92. The van der Waals surface area contributed by atoms with Gasteiger partial charge in [-0.15, -0.1) is 0 Å². The minimum absolute atomic E-state index is 0.0942. The normalized spacial score (nSPS) is 11.1. The topological polar surface area (TPSA) is 78.1 Å². The lowest BCUT2D eigenvalue weighted by atomic mass is 10.1. The van der Waals surface area contributed by atoms with E-state index in [1.54, 1.807) is 6.07 Å². The molecule has 2 N–H and O–H groups in total. The Hall–Kier alpha value is -2.99. The third kappa shape index (κ3) is 4.60. The number of fused-ring (bicyclic) bond motifs is 1. The summed E-state index contributed by atoms with van der Waals surface area (Å²) in [5, 5.41) is 3.50. The van der Waals surface area contributed by atoms with Crippen molar-refractivity contribution in [3.63, 3.8) is 0 Å². The lowest BCUT2D eigenvalue weighted by Crippen LogP contribution is -2.33. The molecule has 140 valence electrons. The smallest absolute Gasteiger partial charge is 0.258 e. The van der Waals surface area contributed by atoms with Gasteiger partial charge < -0.3 is 10.3 Å². The molecule has 0 bridgehead atoms. The van der Waals surface area contributed by atoms with Crippen LogP contribution < -0.4 is 10.9 Å². The maximum atomic E-state index is 12.4. The van der Waals surface area contributed by atoms with Gasteiger partial charge in [0.1, 0.15) is 5.82 Å². The Balaban J connectivity index is 1.69. The van der Waals surface area contributed by atoms with E-state index in [0.29, 0.717) is 29.8 Å². The number of aryl methyl sites for hydroxylation is 2. The molecule has 1 heterocycles. The monoisotopic (exact) mass is 364 g/mol. The van der Waals surface area contributed by atoms with Gasteiger partial charge in [0.25, 0.3) is 5.56 Å². The number of amides is 1. The summed E-state index contributed by atoms with van der Waals surface area (Å²) in [5.41, 5.74) is 3.61. The van der Waals surface area contributed by atoms with Gasteiger partial charge in [0.15, 0.2) is 0 Å². The molecule has 1 amide bonds. The van der Waals surface area contributed by atoms with E-state index in [9.17, 15) is 9.59 Å². The molecule has 0 atom stereocenters. The highest BCUT2D eigenvalue weighted by Gasteiger charge is 2.12. The van der Waals surface area contributed by atoms with E-state index in [0.717, 1.165) is 11.3 Å². The third-order valence-electron chi connectivity index (χ3n) is 4.64. The van der Waals surface area contributed by atoms with Gasteiger partial charge >= 0.3 is 0 Å². The molecule has 0 saturated carbocycles. The molecule has 1 aromatic heterocycles. The first-order valence-corrected chi connectivity index (χ1v) is 9.03. The second kappa shape index (κ2) is 8.14. The molecule has 2 aromatic carbocycles. The zero-order valence-electron chi connectivity index (χ0n) is 15.9. The third-order valence-corrected chi connectivity index (χ3v) is 4.64. The van der Waals surface area contributed by atoms with E-state index in [1.165, 1.54) is 5.56 Å². The number of rotatable bonds is 6. The van der Waals surface area contributed by atoms with Crippen molar-refractivity contribution in [3.8, 4) is 0 Å². The Morgan fingerprint density at radius 1 is 1.15 bits per heavy atom. The van der Waals surface area contributed by atoms with E-state index >= 15 is 0 Å². The first kappa shape index (κ1) is 18.8. The van der Waals surface area contributed by atoms with Gasteiger partial charge in [-0.2, -0.15) is 0 Å². The molecule has 0 unspecified atom stereocenters. The van der Waals surface area contributed by atoms with Gasteiger partial charge in [-0.1, -0.05) is 25.1 Å². The van der Waals surface area contributed by atoms with Crippen molar-refractivity contribution in [2.24, 2.45) is 0 Å². The quantitative estimate of drug-likeness (QED) is 0.705. The maximum absolute atomic E-state index is 12.4. The van der Waals surface area contributed by atoms with Crippen LogP contribution >= 0.6 is 0 Å². The maximum Gasteiger partial charge on any atom is 0.258 e. The first-order chi connectivity index (χ1) is 13.0. The summed E-state index contributed by atoms with van der Waals surface area (Å²) in [6.07, 6.45) is 0. The molecule has 0 aliphatic carbocycles. The van der Waals surface area contributed by atoms with Gasteiger partial charge in [-0.3, -0.25) is 14.5 Å². The fraction of sp³-hybridized carbons (Fsp3) is 0.286. The number of H-pyrrole nitrogens is 1. The number of aromatic amines is 1. The van der Waals surface area contributed by atoms with Crippen LogP contribution in [0.2, 0.25) is 0 Å². The lowest BCUT2D eigenvalue weighted by Gasteiger charge is -2.19. The van der Waals surface area contributed by atoms with Crippen molar-refractivity contribution in [1.82, 2.24) is 14.9 Å². The van der Waals surface area contributed by atoms with Crippen LogP contribution in [0.3, 0.4) is 0 Å². The van der Waals surface area contributed by atoms with Gasteiger partial charge in [0.05, 0.1) is 24.0 Å². The van der Waals surface area contributed by atoms with E-state index in [4.69, 9.17) is 0 Å². The number of hydrogen-bond donors (Lipinski definition) is 2. The first-order valence-electron chi connectivity index (χ1n) is 9.03. The molecule has 0 aliphatic rings. The summed E-state index contributed by atoms with van der Waals surface area (Å²) >= 11 is 0. The van der Waals surface area contributed by atoms with Gasteiger partial charge in [-0.25, -0.2) is 4.98 Å². The number of anilines is 1. The highest BCUT2D eigenvalue weighted by Crippen LogP contribution is 2.14. The summed E-state index contributed by atoms with van der Waals surface area (Å²) < 4.78 is 0. The zero-order valence-corrected chi connectivity index (χ0v) is 15.9. The molecular formula is C21H24N4O2. The minimum atomic E-state index is -0.161. The van der Waals surface area contributed by atoms with Crippen LogP contribution in [0.25, 0.3) is 10.9 Å². The van der Waals surface area contributed by atoms with Crippen LogP contribution in [-0.4, -0.2) is 33.9 Å². The average Bonchev–Trinajstić information content (AvgIpc) is 2.64. The average molecular weight is 364 g/mol. The minimum Gasteiger partial charge on any atom is -0.325 e. The Bertz CT molecular complexity index is 1030. The molecule has 0 aliphatic heterocycles. The molecule has 27 heavy (non-hydrogen) atoms. The fourth-order valence-electron chi connectivity index (χ4n) is 2.92. The van der Waals surface area contributed by atoms with Crippen molar-refractivity contribution in [3.05, 3.63) is 69.8 Å². The number of carbonyl (C=O) groups is 1. The number of likely N-dealkylation sites (N-methyl/N-ethyl adjacent to an activating group) is 1. The SMILES string of the molecule is CCN(CC(=O)Nc1ccc(C)c(C)c1)Cc1nc2ccccc2c(=O)[nH]1. The molecule has 3 rings (SSSR count). The predicted octanol–water partition coefficient (Wildman–Crippen LogP) is 3.00. The van der Waals surface area contributed by atoms with Crippen LogP contribution in [0.5, 0.6) is 0 Å². The summed E-state index contributed by atoms with van der Waals surface area (Å²) in [5.74, 6) is 0.461. The Kier molecular flexibility index (Phi) is 5.66. The second-order valence-corrected chi connectivity index (χ2v) is 6.68. The number of hydrogen-bond acceptors (Lipinski definition) is 4. The summed E-state index contributed by atoms with van der Waals surface area (Å²) in [4.78, 5) is 33.9.